The van der Waals surface area contributed by atoms with Crippen molar-refractivity contribution in [2.75, 3.05) is 0 Å². The molecule has 0 bridgehead atoms. The van der Waals surface area contributed by atoms with Crippen LogP contribution in [0.15, 0.2) is 48.5 Å². The van der Waals surface area contributed by atoms with Gasteiger partial charge in [0.2, 0.25) is 0 Å². The number of benzene rings is 2. The number of ether oxygens (including phenoxy) is 2. The van der Waals surface area contributed by atoms with E-state index in [1.807, 2.05) is 37.3 Å². The van der Waals surface area contributed by atoms with E-state index in [1.165, 1.54) is 19.9 Å². The molecule has 0 radical (unpaired) electrons. The summed E-state index contributed by atoms with van der Waals surface area (Å²) in [5.74, 6) is -5.32. The third-order valence-electron chi connectivity index (χ3n) is 6.01. The first-order valence-corrected chi connectivity index (χ1v) is 11.5. The molecule has 34 heavy (non-hydrogen) atoms. The quantitative estimate of drug-likeness (QED) is 0.219. The van der Waals surface area contributed by atoms with E-state index in [1.54, 1.807) is 23.6 Å². The molecule has 1 aromatic heterocycles. The first kappa shape index (κ1) is 24.1. The van der Waals surface area contributed by atoms with Crippen molar-refractivity contribution in [2.45, 2.75) is 45.9 Å². The van der Waals surface area contributed by atoms with E-state index in [2.05, 4.69) is 0 Å². The van der Waals surface area contributed by atoms with Gasteiger partial charge in [0.1, 0.15) is 23.9 Å². The summed E-state index contributed by atoms with van der Waals surface area (Å²) in [5, 5.41) is 14.1. The smallest absolute Gasteiger partial charge is 0.324 e. The molecule has 2 heterocycles. The molecule has 178 valence electrons. The van der Waals surface area contributed by atoms with Crippen molar-refractivity contribution in [3.8, 4) is 0 Å². The summed E-state index contributed by atoms with van der Waals surface area (Å²) in [6, 6.07) is 14.3. The average molecular weight is 503 g/mol. The SMILES string of the molecule is Cc1c(C)[n+]([O-])c([C@H](c2ccc(Cl)cc2Cl)C2C(=O)OC(C)(C)OC2=O)n1Cc1ccccc1. The first-order chi connectivity index (χ1) is 16.0. The largest absolute Gasteiger partial charge is 0.711 e. The van der Waals surface area contributed by atoms with E-state index in [9.17, 15) is 14.8 Å². The molecule has 1 aliphatic heterocycles. The van der Waals surface area contributed by atoms with Gasteiger partial charge in [0, 0.05) is 37.7 Å². The third-order valence-corrected chi connectivity index (χ3v) is 6.57. The molecule has 0 amide bonds. The van der Waals surface area contributed by atoms with Crippen LogP contribution in [0.5, 0.6) is 0 Å². The monoisotopic (exact) mass is 502 g/mol. The van der Waals surface area contributed by atoms with Crippen molar-refractivity contribution in [2.24, 2.45) is 5.92 Å². The van der Waals surface area contributed by atoms with Gasteiger partial charge in [-0.05, 0) is 23.3 Å². The molecule has 9 heteroatoms. The maximum absolute atomic E-state index is 13.5. The Kier molecular flexibility index (Phi) is 6.36. The second-order valence-electron chi connectivity index (χ2n) is 8.76. The number of carbonyl (C=O) groups is 2. The summed E-state index contributed by atoms with van der Waals surface area (Å²) in [6.45, 7) is 6.81. The lowest BCUT2D eigenvalue weighted by molar-refractivity contribution is -0.621. The number of aromatic nitrogens is 2. The standard InChI is InChI=1S/C25H24Cl2N2O5/c1-14-15(2)29(32)22(28(14)13-16-8-6-5-7-9-16)20(18-11-10-17(26)12-19(18)27)21-23(30)33-25(3,4)34-24(21)31/h5-12,20-21H,13H2,1-4H3/t20-/m1/s1. The first-order valence-electron chi connectivity index (χ1n) is 10.7. The van der Waals surface area contributed by atoms with E-state index < -0.39 is 29.6 Å². The van der Waals surface area contributed by atoms with Gasteiger partial charge in [-0.15, -0.1) is 0 Å². The van der Waals surface area contributed by atoms with E-state index in [0.717, 1.165) is 10.3 Å². The minimum atomic E-state index is -1.44. The lowest BCUT2D eigenvalue weighted by Gasteiger charge is -2.35. The molecule has 2 aromatic carbocycles. The Morgan fingerprint density at radius 2 is 1.68 bits per heavy atom. The number of rotatable bonds is 5. The minimum Gasteiger partial charge on any atom is -0.711 e. The summed E-state index contributed by atoms with van der Waals surface area (Å²) in [5.41, 5.74) is 2.47. The van der Waals surface area contributed by atoms with Crippen molar-refractivity contribution < 1.29 is 23.8 Å². The summed E-state index contributed by atoms with van der Waals surface area (Å²) in [4.78, 5) is 26.3. The number of carbonyl (C=O) groups excluding carboxylic acids is 2. The highest BCUT2D eigenvalue weighted by molar-refractivity contribution is 6.35. The van der Waals surface area contributed by atoms with Gasteiger partial charge in [-0.25, -0.2) is 9.30 Å². The second kappa shape index (κ2) is 8.96. The van der Waals surface area contributed by atoms with Crippen LogP contribution in [0, 0.1) is 25.0 Å². The van der Waals surface area contributed by atoms with Gasteiger partial charge < -0.3 is 14.7 Å². The van der Waals surface area contributed by atoms with Crippen LogP contribution >= 0.6 is 23.2 Å². The zero-order valence-electron chi connectivity index (χ0n) is 19.2. The Labute approximate surface area is 207 Å². The fourth-order valence-electron chi connectivity index (χ4n) is 4.28. The van der Waals surface area contributed by atoms with Crippen molar-refractivity contribution >= 4 is 35.1 Å². The molecule has 1 aliphatic rings. The second-order valence-corrected chi connectivity index (χ2v) is 9.60. The van der Waals surface area contributed by atoms with Crippen LogP contribution < -0.4 is 4.73 Å². The Bertz CT molecular complexity index is 1250. The lowest BCUT2D eigenvalue weighted by Crippen LogP contribution is -2.50. The highest BCUT2D eigenvalue weighted by Gasteiger charge is 2.52. The summed E-state index contributed by atoms with van der Waals surface area (Å²) < 4.78 is 13.4. The topological polar surface area (TPSA) is 84.5 Å². The maximum atomic E-state index is 13.5. The van der Waals surface area contributed by atoms with Crippen molar-refractivity contribution in [1.82, 2.24) is 4.57 Å². The van der Waals surface area contributed by atoms with Gasteiger partial charge >= 0.3 is 11.9 Å². The number of hydrogen-bond donors (Lipinski definition) is 0. The minimum absolute atomic E-state index is 0.182. The summed E-state index contributed by atoms with van der Waals surface area (Å²) in [6.07, 6.45) is 0. The molecular formula is C25H24Cl2N2O5. The van der Waals surface area contributed by atoms with Crippen LogP contribution in [-0.2, 0) is 25.6 Å². The third kappa shape index (κ3) is 4.38. The van der Waals surface area contributed by atoms with Crippen LogP contribution in [0.3, 0.4) is 0 Å². The van der Waals surface area contributed by atoms with Gasteiger partial charge in [-0.2, -0.15) is 0 Å². The molecule has 0 saturated carbocycles. The Morgan fingerprint density at radius 3 is 2.26 bits per heavy atom. The van der Waals surface area contributed by atoms with Crippen molar-refractivity contribution in [3.63, 3.8) is 0 Å². The van der Waals surface area contributed by atoms with Gasteiger partial charge in [0.25, 0.3) is 11.6 Å². The zero-order valence-corrected chi connectivity index (χ0v) is 20.7. The fourth-order valence-corrected chi connectivity index (χ4v) is 4.80. The number of nitrogens with zero attached hydrogens (tertiary/aromatic N) is 2. The van der Waals surface area contributed by atoms with Gasteiger partial charge in [0.15, 0.2) is 5.92 Å². The van der Waals surface area contributed by atoms with Crippen LogP contribution in [0.25, 0.3) is 0 Å². The zero-order chi connectivity index (χ0) is 24.8. The van der Waals surface area contributed by atoms with Crippen molar-refractivity contribution in [1.29, 1.82) is 0 Å². The summed E-state index contributed by atoms with van der Waals surface area (Å²) in [7, 11) is 0. The molecular weight excluding hydrogens is 479 g/mol. The molecule has 1 fully saturated rings. The number of imidazole rings is 1. The molecule has 7 nitrogen and oxygen atoms in total. The molecule has 0 unspecified atom stereocenters. The lowest BCUT2D eigenvalue weighted by atomic mass is 9.84. The van der Waals surface area contributed by atoms with Crippen molar-refractivity contribution in [3.05, 3.63) is 92.1 Å². The van der Waals surface area contributed by atoms with Crippen LogP contribution in [0.2, 0.25) is 10.0 Å². The fraction of sp³-hybridized carbons (Fsp3) is 0.320. The van der Waals surface area contributed by atoms with Gasteiger partial charge in [-0.3, -0.25) is 9.59 Å². The Morgan fingerprint density at radius 1 is 1.06 bits per heavy atom. The maximum Gasteiger partial charge on any atom is 0.324 e. The molecule has 1 saturated heterocycles. The van der Waals surface area contributed by atoms with Gasteiger partial charge in [0.05, 0.1) is 0 Å². The summed E-state index contributed by atoms with van der Waals surface area (Å²) >= 11 is 12.7. The van der Waals surface area contributed by atoms with E-state index >= 15 is 0 Å². The van der Waals surface area contributed by atoms with Crippen LogP contribution in [0.1, 0.15) is 48.1 Å². The molecule has 0 N–H and O–H groups in total. The van der Waals surface area contributed by atoms with E-state index in [-0.39, 0.29) is 10.8 Å². The molecule has 4 rings (SSSR count). The van der Waals surface area contributed by atoms with E-state index in [0.29, 0.717) is 28.5 Å². The Balaban J connectivity index is 1.96. The van der Waals surface area contributed by atoms with E-state index in [4.69, 9.17) is 32.7 Å². The molecule has 0 spiro atoms. The normalized spacial score (nSPS) is 16.8. The number of esters is 2. The highest BCUT2D eigenvalue weighted by atomic mass is 35.5. The van der Waals surface area contributed by atoms with Gasteiger partial charge in [-0.1, -0.05) is 59.6 Å². The molecule has 3 aromatic rings. The molecule has 1 atom stereocenters. The average Bonchev–Trinajstić information content (AvgIpc) is 2.95. The number of cyclic esters (lactones) is 2. The Hall–Kier alpha value is -3.03. The van der Waals surface area contributed by atoms with Crippen LogP contribution in [0.4, 0.5) is 0 Å². The predicted octanol–water partition coefficient (Wildman–Crippen LogP) is 4.68. The number of halogens is 2. The highest BCUT2D eigenvalue weighted by Crippen LogP contribution is 2.41. The number of hydrogen-bond acceptors (Lipinski definition) is 5. The molecule has 0 aliphatic carbocycles. The van der Waals surface area contributed by atoms with Crippen LogP contribution in [-0.4, -0.2) is 22.3 Å². The predicted molar refractivity (Wildman–Crippen MR) is 126 cm³/mol.